The molecule has 0 saturated carbocycles. The van der Waals surface area contributed by atoms with Crippen molar-refractivity contribution in [3.05, 3.63) is 12.7 Å². The lowest BCUT2D eigenvalue weighted by atomic mass is 9.68. The van der Waals surface area contributed by atoms with Crippen LogP contribution in [-0.4, -0.2) is 34.6 Å². The van der Waals surface area contributed by atoms with Crippen molar-refractivity contribution in [3.8, 4) is 0 Å². The van der Waals surface area contributed by atoms with Gasteiger partial charge in [0.25, 0.3) is 0 Å². The standard InChI is InChI=1S/C10H18O3/c1-5-10(4)9(2,3)8(12)7(11)6-13-10/h5,7-8,11-12H,1,6H2,2-4H3. The van der Waals surface area contributed by atoms with Gasteiger partial charge in [-0.3, -0.25) is 0 Å². The summed E-state index contributed by atoms with van der Waals surface area (Å²) in [4.78, 5) is 0. The second-order valence-electron chi connectivity index (χ2n) is 4.36. The van der Waals surface area contributed by atoms with Gasteiger partial charge in [-0.05, 0) is 6.92 Å². The van der Waals surface area contributed by atoms with Gasteiger partial charge in [0, 0.05) is 5.41 Å². The molecule has 0 amide bonds. The monoisotopic (exact) mass is 186 g/mol. The Kier molecular flexibility index (Phi) is 2.54. The molecule has 1 aliphatic rings. The first-order chi connectivity index (χ1) is 5.85. The highest BCUT2D eigenvalue weighted by atomic mass is 16.5. The van der Waals surface area contributed by atoms with E-state index in [9.17, 15) is 10.2 Å². The van der Waals surface area contributed by atoms with Crippen LogP contribution in [0.15, 0.2) is 12.7 Å². The van der Waals surface area contributed by atoms with Crippen molar-refractivity contribution >= 4 is 0 Å². The molecule has 1 fully saturated rings. The summed E-state index contributed by atoms with van der Waals surface area (Å²) in [6, 6.07) is 0. The van der Waals surface area contributed by atoms with Crippen molar-refractivity contribution in [2.75, 3.05) is 6.61 Å². The molecule has 3 atom stereocenters. The van der Waals surface area contributed by atoms with Crippen LogP contribution in [0.5, 0.6) is 0 Å². The second kappa shape index (κ2) is 3.08. The number of rotatable bonds is 1. The van der Waals surface area contributed by atoms with Crippen LogP contribution < -0.4 is 0 Å². The van der Waals surface area contributed by atoms with E-state index in [2.05, 4.69) is 6.58 Å². The highest BCUT2D eigenvalue weighted by molar-refractivity contribution is 5.10. The zero-order chi connectivity index (χ0) is 10.3. The van der Waals surface area contributed by atoms with Crippen LogP contribution in [0, 0.1) is 5.41 Å². The minimum Gasteiger partial charge on any atom is -0.390 e. The molecule has 1 aliphatic heterocycles. The molecule has 2 N–H and O–H groups in total. The van der Waals surface area contributed by atoms with Crippen LogP contribution in [0.25, 0.3) is 0 Å². The molecular weight excluding hydrogens is 168 g/mol. The minimum atomic E-state index is -0.803. The molecular formula is C10H18O3. The second-order valence-corrected chi connectivity index (χ2v) is 4.36. The number of hydrogen-bond acceptors (Lipinski definition) is 3. The molecule has 1 heterocycles. The Labute approximate surface area is 79.0 Å². The van der Waals surface area contributed by atoms with E-state index in [0.29, 0.717) is 0 Å². The highest BCUT2D eigenvalue weighted by Crippen LogP contribution is 2.42. The van der Waals surface area contributed by atoms with Crippen LogP contribution >= 0.6 is 0 Å². The zero-order valence-electron chi connectivity index (χ0n) is 8.45. The topological polar surface area (TPSA) is 49.7 Å². The van der Waals surface area contributed by atoms with Crippen molar-refractivity contribution in [1.29, 1.82) is 0 Å². The first-order valence-electron chi connectivity index (χ1n) is 4.49. The van der Waals surface area contributed by atoms with E-state index in [4.69, 9.17) is 4.74 Å². The van der Waals surface area contributed by atoms with E-state index in [-0.39, 0.29) is 6.61 Å². The van der Waals surface area contributed by atoms with Gasteiger partial charge in [-0.15, -0.1) is 6.58 Å². The summed E-state index contributed by atoms with van der Waals surface area (Å²) in [6.07, 6.45) is 0.106. The van der Waals surface area contributed by atoms with Crippen LogP contribution in [-0.2, 0) is 4.74 Å². The Morgan fingerprint density at radius 1 is 1.38 bits per heavy atom. The van der Waals surface area contributed by atoms with Gasteiger partial charge in [-0.25, -0.2) is 0 Å². The van der Waals surface area contributed by atoms with Crippen molar-refractivity contribution < 1.29 is 14.9 Å². The Bertz CT molecular complexity index is 212. The molecule has 0 aromatic carbocycles. The van der Waals surface area contributed by atoms with Gasteiger partial charge in [0.1, 0.15) is 6.10 Å². The lowest BCUT2D eigenvalue weighted by Crippen LogP contribution is -2.60. The summed E-state index contributed by atoms with van der Waals surface area (Å²) in [5.41, 5.74) is -1.10. The molecule has 0 spiro atoms. The van der Waals surface area contributed by atoms with Crippen LogP contribution in [0.4, 0.5) is 0 Å². The van der Waals surface area contributed by atoms with Gasteiger partial charge in [-0.2, -0.15) is 0 Å². The summed E-state index contributed by atoms with van der Waals surface area (Å²) in [5, 5.41) is 19.2. The predicted octanol–water partition coefficient (Wildman–Crippen LogP) is 0.709. The molecule has 3 nitrogen and oxygen atoms in total. The van der Waals surface area contributed by atoms with Crippen LogP contribution in [0.2, 0.25) is 0 Å². The summed E-state index contributed by atoms with van der Waals surface area (Å²) in [5.74, 6) is 0. The van der Waals surface area contributed by atoms with Crippen molar-refractivity contribution in [3.63, 3.8) is 0 Å². The third-order valence-corrected chi connectivity index (χ3v) is 3.33. The number of aliphatic hydroxyl groups is 2. The maximum absolute atomic E-state index is 9.79. The molecule has 0 aliphatic carbocycles. The SMILES string of the molecule is C=CC1(C)OCC(O)C(O)C1(C)C. The third kappa shape index (κ3) is 1.41. The Hall–Kier alpha value is -0.380. The summed E-state index contributed by atoms with van der Waals surface area (Å²) in [7, 11) is 0. The Balaban J connectivity index is 2.98. The fourth-order valence-corrected chi connectivity index (χ4v) is 1.63. The first kappa shape index (κ1) is 10.7. The molecule has 13 heavy (non-hydrogen) atoms. The normalized spacial score (nSPS) is 44.4. The van der Waals surface area contributed by atoms with Crippen molar-refractivity contribution in [1.82, 2.24) is 0 Å². The zero-order valence-corrected chi connectivity index (χ0v) is 8.45. The van der Waals surface area contributed by atoms with Gasteiger partial charge < -0.3 is 14.9 Å². The number of ether oxygens (including phenoxy) is 1. The number of hydrogen-bond donors (Lipinski definition) is 2. The van der Waals surface area contributed by atoms with Gasteiger partial charge >= 0.3 is 0 Å². The molecule has 0 aromatic heterocycles. The van der Waals surface area contributed by atoms with E-state index in [1.165, 1.54) is 0 Å². The van der Waals surface area contributed by atoms with E-state index in [1.54, 1.807) is 6.08 Å². The van der Waals surface area contributed by atoms with E-state index in [0.717, 1.165) is 0 Å². The van der Waals surface area contributed by atoms with E-state index < -0.39 is 23.2 Å². The molecule has 76 valence electrons. The smallest absolute Gasteiger partial charge is 0.104 e. The summed E-state index contributed by atoms with van der Waals surface area (Å²) < 4.78 is 5.48. The fraction of sp³-hybridized carbons (Fsp3) is 0.800. The third-order valence-electron chi connectivity index (χ3n) is 3.33. The quantitative estimate of drug-likeness (QED) is 0.593. The van der Waals surface area contributed by atoms with Crippen molar-refractivity contribution in [2.24, 2.45) is 5.41 Å². The minimum absolute atomic E-state index is 0.160. The fourth-order valence-electron chi connectivity index (χ4n) is 1.63. The highest BCUT2D eigenvalue weighted by Gasteiger charge is 2.51. The lowest BCUT2D eigenvalue weighted by molar-refractivity contribution is -0.219. The first-order valence-corrected chi connectivity index (χ1v) is 4.49. The van der Waals surface area contributed by atoms with E-state index in [1.807, 2.05) is 20.8 Å². The van der Waals surface area contributed by atoms with Gasteiger partial charge in [0.2, 0.25) is 0 Å². The molecule has 0 radical (unpaired) electrons. The van der Waals surface area contributed by atoms with Crippen LogP contribution in [0.3, 0.4) is 0 Å². The molecule has 0 aromatic rings. The molecule has 0 bridgehead atoms. The Morgan fingerprint density at radius 3 is 2.38 bits per heavy atom. The van der Waals surface area contributed by atoms with Gasteiger partial charge in [0.15, 0.2) is 0 Å². The molecule has 3 heteroatoms. The van der Waals surface area contributed by atoms with Crippen molar-refractivity contribution in [2.45, 2.75) is 38.6 Å². The maximum atomic E-state index is 9.79. The van der Waals surface area contributed by atoms with Gasteiger partial charge in [0.05, 0.1) is 18.3 Å². The molecule has 1 saturated heterocycles. The number of aliphatic hydroxyl groups excluding tert-OH is 2. The average Bonchev–Trinajstić information content (AvgIpc) is 2.09. The predicted molar refractivity (Wildman–Crippen MR) is 50.3 cm³/mol. The molecule has 3 unspecified atom stereocenters. The van der Waals surface area contributed by atoms with Gasteiger partial charge in [-0.1, -0.05) is 19.9 Å². The lowest BCUT2D eigenvalue weighted by Gasteiger charge is -2.50. The van der Waals surface area contributed by atoms with E-state index >= 15 is 0 Å². The average molecular weight is 186 g/mol. The summed E-state index contributed by atoms with van der Waals surface area (Å²) in [6.45, 7) is 9.45. The Morgan fingerprint density at radius 2 is 1.92 bits per heavy atom. The molecule has 1 rings (SSSR count). The maximum Gasteiger partial charge on any atom is 0.104 e. The summed E-state index contributed by atoms with van der Waals surface area (Å²) >= 11 is 0. The van der Waals surface area contributed by atoms with Crippen LogP contribution in [0.1, 0.15) is 20.8 Å². The largest absolute Gasteiger partial charge is 0.390 e.